The predicted molar refractivity (Wildman–Crippen MR) is 422 cm³/mol. The molecule has 0 saturated carbocycles. The number of thiophene rings is 2. The van der Waals surface area contributed by atoms with Gasteiger partial charge in [0, 0.05) is 69.1 Å². The van der Waals surface area contributed by atoms with Crippen molar-refractivity contribution in [3.63, 3.8) is 0 Å². The second kappa shape index (κ2) is 25.4. The predicted octanol–water partition coefficient (Wildman–Crippen LogP) is 26.1. The molecule has 15 aromatic carbocycles. The molecule has 0 bridgehead atoms. The molecule has 0 fully saturated rings. The Morgan fingerprint density at radius 1 is 0.253 bits per heavy atom. The lowest BCUT2D eigenvalue weighted by molar-refractivity contribution is 0.908. The summed E-state index contributed by atoms with van der Waals surface area (Å²) in [4.78, 5) is 15.4. The molecule has 0 aliphatic rings. The number of fused-ring (bicyclic) bond motifs is 9. The van der Waals surface area contributed by atoms with E-state index in [0.717, 1.165) is 68.2 Å². The van der Waals surface area contributed by atoms with Gasteiger partial charge in [0.2, 0.25) is 0 Å². The highest BCUT2D eigenvalue weighted by Crippen LogP contribution is 2.46. The van der Waals surface area contributed by atoms with Crippen molar-refractivity contribution in [2.24, 2.45) is 0 Å². The first kappa shape index (κ1) is 59.3. The van der Waals surface area contributed by atoms with Crippen molar-refractivity contribution in [3.05, 3.63) is 352 Å². The number of hydrogen-bond donors (Lipinski definition) is 0. The Morgan fingerprint density at radius 2 is 0.616 bits per heavy atom. The van der Waals surface area contributed by atoms with Crippen LogP contribution in [0, 0.1) is 0 Å². The van der Waals surface area contributed by atoms with Gasteiger partial charge in [0.1, 0.15) is 5.82 Å². The van der Waals surface area contributed by atoms with E-state index in [4.69, 9.17) is 15.0 Å². The molecule has 0 N–H and O–H groups in total. The maximum Gasteiger partial charge on any atom is 0.160 e. The van der Waals surface area contributed by atoms with Crippen LogP contribution in [0.15, 0.2) is 346 Å². The van der Waals surface area contributed by atoms with E-state index >= 15 is 0 Å². The molecule has 0 saturated heterocycles. The van der Waals surface area contributed by atoms with Gasteiger partial charge in [-0.3, -0.25) is 4.57 Å². The van der Waals surface area contributed by atoms with E-state index in [0.29, 0.717) is 5.82 Å². The van der Waals surface area contributed by atoms with E-state index in [1.165, 1.54) is 118 Å². The van der Waals surface area contributed by atoms with Gasteiger partial charge < -0.3 is 0 Å². The number of hydrogen-bond acceptors (Lipinski definition) is 5. The third-order valence-electron chi connectivity index (χ3n) is 19.3. The Balaban J connectivity index is 0.000000148. The van der Waals surface area contributed by atoms with E-state index < -0.39 is 0 Å². The SMILES string of the molecule is CCc1nc2ccccc2n1-c1ccc(-c2c3ccccc3c(-c3ccc(-c4ccccc4)cc3)c3ccccc23)cc1.c1ccc(-c2ccc(-c3cc(-c4cc(-c5ccc6sc7ccccc7c6c5)cc(-c5ccc6sc7ccccc7c6c5)c4)nc(-c4ccccc4)n3)cc2)cc1. The molecule has 4 nitrogen and oxygen atoms in total. The Bertz CT molecular complexity index is 6040. The summed E-state index contributed by atoms with van der Waals surface area (Å²) in [7, 11) is 0. The van der Waals surface area contributed by atoms with Gasteiger partial charge in [0.15, 0.2) is 5.82 Å². The minimum atomic E-state index is 0.703. The number of nitrogens with zero attached hydrogens (tertiary/aromatic N) is 4. The molecule has 0 spiro atoms. The quantitative estimate of drug-likeness (QED) is 0.121. The normalized spacial score (nSPS) is 11.5. The molecule has 19 aromatic rings. The lowest BCUT2D eigenvalue weighted by Crippen LogP contribution is -2.00. The smallest absolute Gasteiger partial charge is 0.160 e. The molecule has 4 aromatic heterocycles. The molecule has 19 rings (SSSR count). The maximum atomic E-state index is 5.29. The van der Waals surface area contributed by atoms with Crippen molar-refractivity contribution in [2.45, 2.75) is 13.3 Å². The fourth-order valence-corrected chi connectivity index (χ4v) is 16.6. The van der Waals surface area contributed by atoms with Crippen LogP contribution in [-0.2, 0) is 6.42 Å². The fourth-order valence-electron chi connectivity index (χ4n) is 14.4. The van der Waals surface area contributed by atoms with Crippen LogP contribution >= 0.6 is 22.7 Å². The molecule has 0 unspecified atom stereocenters. The van der Waals surface area contributed by atoms with Gasteiger partial charge in [-0.05, 0) is 173 Å². The number of rotatable bonds is 11. The fraction of sp³-hybridized carbons (Fsp3) is 0.0215. The van der Waals surface area contributed by atoms with Gasteiger partial charge in [0.05, 0.1) is 22.4 Å². The van der Waals surface area contributed by atoms with Crippen LogP contribution in [0.2, 0.25) is 0 Å². The summed E-state index contributed by atoms with van der Waals surface area (Å²) in [5.41, 5.74) is 22.7. The number of aromatic nitrogens is 4. The van der Waals surface area contributed by atoms with Crippen LogP contribution in [0.25, 0.3) is 179 Å². The van der Waals surface area contributed by atoms with Crippen molar-refractivity contribution in [2.75, 3.05) is 0 Å². The highest BCUT2D eigenvalue weighted by Gasteiger charge is 2.20. The molecule has 0 amide bonds. The third kappa shape index (κ3) is 11.1. The summed E-state index contributed by atoms with van der Waals surface area (Å²) >= 11 is 3.70. The minimum absolute atomic E-state index is 0.703. The Morgan fingerprint density at radius 3 is 1.11 bits per heavy atom. The number of para-hydroxylation sites is 2. The van der Waals surface area contributed by atoms with Crippen LogP contribution in [0.1, 0.15) is 12.7 Å². The van der Waals surface area contributed by atoms with Gasteiger partial charge in [0.25, 0.3) is 0 Å². The van der Waals surface area contributed by atoms with Crippen LogP contribution < -0.4 is 0 Å². The zero-order chi connectivity index (χ0) is 65.8. The minimum Gasteiger partial charge on any atom is -0.296 e. The van der Waals surface area contributed by atoms with Gasteiger partial charge in [-0.1, -0.05) is 268 Å². The second-order valence-corrected chi connectivity index (χ2v) is 27.4. The first-order chi connectivity index (χ1) is 49.0. The number of aryl methyl sites for hydroxylation is 1. The van der Waals surface area contributed by atoms with Crippen molar-refractivity contribution in [1.82, 2.24) is 19.5 Å². The van der Waals surface area contributed by atoms with E-state index in [2.05, 4.69) is 339 Å². The van der Waals surface area contributed by atoms with Crippen LogP contribution in [0.3, 0.4) is 0 Å². The number of imidazole rings is 1. The molecule has 0 radical (unpaired) electrons. The average Bonchev–Trinajstić information content (AvgIpc) is 1.64. The summed E-state index contributed by atoms with van der Waals surface area (Å²) in [6.07, 6.45) is 0.875. The molecule has 466 valence electrons. The van der Waals surface area contributed by atoms with Crippen molar-refractivity contribution < 1.29 is 0 Å². The third-order valence-corrected chi connectivity index (χ3v) is 21.6. The highest BCUT2D eigenvalue weighted by atomic mass is 32.1. The van der Waals surface area contributed by atoms with Crippen molar-refractivity contribution in [1.29, 1.82) is 0 Å². The molecule has 4 heterocycles. The van der Waals surface area contributed by atoms with Crippen LogP contribution in [-0.4, -0.2) is 19.5 Å². The van der Waals surface area contributed by atoms with Crippen LogP contribution in [0.5, 0.6) is 0 Å². The summed E-state index contributed by atoms with van der Waals surface area (Å²) in [6.45, 7) is 2.17. The summed E-state index contributed by atoms with van der Waals surface area (Å²) in [5, 5.41) is 10.2. The zero-order valence-corrected chi connectivity index (χ0v) is 55.9. The van der Waals surface area contributed by atoms with E-state index in [1.807, 2.05) is 40.9 Å². The monoisotopic (exact) mass is 1300 g/mol. The number of benzene rings is 15. The maximum absolute atomic E-state index is 5.29. The van der Waals surface area contributed by atoms with Gasteiger partial charge >= 0.3 is 0 Å². The lowest BCUT2D eigenvalue weighted by atomic mass is 9.85. The summed E-state index contributed by atoms with van der Waals surface area (Å²) < 4.78 is 7.50. The summed E-state index contributed by atoms with van der Waals surface area (Å²) in [6, 6.07) is 125. The van der Waals surface area contributed by atoms with Gasteiger partial charge in [-0.2, -0.15) is 0 Å². The molecule has 6 heteroatoms. The van der Waals surface area contributed by atoms with Crippen LogP contribution in [0.4, 0.5) is 0 Å². The topological polar surface area (TPSA) is 43.6 Å². The molecule has 0 atom stereocenters. The highest BCUT2D eigenvalue weighted by molar-refractivity contribution is 7.26. The first-order valence-corrected chi connectivity index (χ1v) is 35.4. The average molecular weight is 1300 g/mol. The van der Waals surface area contributed by atoms with Gasteiger partial charge in [-0.15, -0.1) is 22.7 Å². The largest absolute Gasteiger partial charge is 0.296 e. The standard InChI is InChI=1S/C52H32N2S2.C41H30N2/c1-3-11-33(12-4-1)34-19-21-35(22-20-34)46-32-47(54-52(53-46)36-13-5-2-6-14-36)41-28-39(37-23-25-50-44(30-37)42-15-7-9-17-48(42)55-50)27-40(29-41)38-24-26-51-45(31-38)43-16-8-10-18-49(43)56-51;1-2-39-42-37-18-10-11-19-38(37)43(39)32-26-24-31(25-27-32)41-35-16-8-6-14-33(35)40(34-15-7-9-17-36(34)41)30-22-20-29(21-23-30)28-12-4-3-5-13-28/h1-32H;3-27H,2H2,1H3. The van der Waals surface area contributed by atoms with E-state index in [1.54, 1.807) is 0 Å². The second-order valence-electron chi connectivity index (χ2n) is 25.2. The Labute approximate surface area is 582 Å². The van der Waals surface area contributed by atoms with Crippen molar-refractivity contribution >= 4 is 95.6 Å². The summed E-state index contributed by atoms with van der Waals surface area (Å²) in [5.74, 6) is 1.78. The molecule has 0 aliphatic carbocycles. The molecule has 99 heavy (non-hydrogen) atoms. The molecular formula is C93H62N4S2. The molecule has 0 aliphatic heterocycles. The van der Waals surface area contributed by atoms with E-state index in [-0.39, 0.29) is 0 Å². The molecular weight excluding hydrogens is 1240 g/mol. The first-order valence-electron chi connectivity index (χ1n) is 33.8. The zero-order valence-electron chi connectivity index (χ0n) is 54.2. The Hall–Kier alpha value is -12.2. The van der Waals surface area contributed by atoms with E-state index in [9.17, 15) is 0 Å². The van der Waals surface area contributed by atoms with Crippen molar-refractivity contribution in [3.8, 4) is 106 Å². The van der Waals surface area contributed by atoms with Gasteiger partial charge in [-0.25, -0.2) is 15.0 Å². The lowest BCUT2D eigenvalue weighted by Gasteiger charge is -2.18. The Kier molecular flexibility index (Phi) is 15.2.